The number of hydrogen-bond acceptors (Lipinski definition) is 2. The summed E-state index contributed by atoms with van der Waals surface area (Å²) in [7, 11) is 0. The molecule has 1 aromatic rings. The molecule has 1 aliphatic carbocycles. The van der Waals surface area contributed by atoms with Crippen LogP contribution in [0, 0.1) is 0 Å². The van der Waals surface area contributed by atoms with Crippen molar-refractivity contribution in [1.82, 2.24) is 9.80 Å². The smallest absolute Gasteiger partial charge is 0.407 e. The predicted molar refractivity (Wildman–Crippen MR) is 73.1 cm³/mol. The van der Waals surface area contributed by atoms with E-state index in [4.69, 9.17) is 0 Å². The number of hydrogen-bond donors (Lipinski definition) is 1. The van der Waals surface area contributed by atoms with Gasteiger partial charge in [-0.15, -0.1) is 0 Å². The lowest BCUT2D eigenvalue weighted by Gasteiger charge is -2.26. The molecule has 1 aromatic carbocycles. The third-order valence-corrected chi connectivity index (χ3v) is 4.01. The van der Waals surface area contributed by atoms with Crippen LogP contribution in [0.2, 0.25) is 0 Å². The van der Waals surface area contributed by atoms with Gasteiger partial charge in [0.15, 0.2) is 0 Å². The molecule has 1 saturated heterocycles. The van der Waals surface area contributed by atoms with Gasteiger partial charge in [-0.25, -0.2) is 4.79 Å². The lowest BCUT2D eigenvalue weighted by molar-refractivity contribution is -0.128. The number of rotatable bonds is 4. The topological polar surface area (TPSA) is 60.9 Å². The summed E-state index contributed by atoms with van der Waals surface area (Å²) in [5, 5.41) is 9.42. The molecular formula is C15H18N2O3. The Balaban J connectivity index is 1.71. The molecule has 2 fully saturated rings. The Morgan fingerprint density at radius 3 is 2.60 bits per heavy atom. The fourth-order valence-electron chi connectivity index (χ4n) is 2.79. The maximum atomic E-state index is 12.0. The predicted octanol–water partition coefficient (Wildman–Crippen LogP) is 1.93. The van der Waals surface area contributed by atoms with Gasteiger partial charge in [0.25, 0.3) is 0 Å². The summed E-state index contributed by atoms with van der Waals surface area (Å²) in [6, 6.07) is 9.65. The van der Waals surface area contributed by atoms with Gasteiger partial charge in [-0.3, -0.25) is 9.69 Å². The van der Waals surface area contributed by atoms with Gasteiger partial charge >= 0.3 is 6.09 Å². The van der Waals surface area contributed by atoms with E-state index in [1.54, 1.807) is 0 Å². The second-order valence-corrected chi connectivity index (χ2v) is 5.53. The molecule has 20 heavy (non-hydrogen) atoms. The van der Waals surface area contributed by atoms with Crippen molar-refractivity contribution in [2.24, 2.45) is 0 Å². The van der Waals surface area contributed by atoms with E-state index in [9.17, 15) is 14.7 Å². The fourth-order valence-corrected chi connectivity index (χ4v) is 2.79. The molecule has 0 radical (unpaired) electrons. The van der Waals surface area contributed by atoms with Crippen molar-refractivity contribution in [2.75, 3.05) is 6.54 Å². The van der Waals surface area contributed by atoms with Crippen LogP contribution < -0.4 is 0 Å². The van der Waals surface area contributed by atoms with Crippen LogP contribution in [0.25, 0.3) is 0 Å². The zero-order valence-electron chi connectivity index (χ0n) is 11.2. The highest BCUT2D eigenvalue weighted by Crippen LogP contribution is 2.32. The number of amides is 2. The Kier molecular flexibility index (Phi) is 3.34. The van der Waals surface area contributed by atoms with Crippen LogP contribution in [0.4, 0.5) is 4.79 Å². The number of carbonyl (C=O) groups excluding carboxylic acids is 1. The molecule has 0 bridgehead atoms. The average Bonchev–Trinajstić information content (AvgIpc) is 3.20. The summed E-state index contributed by atoms with van der Waals surface area (Å²) >= 11 is 0. The zero-order chi connectivity index (χ0) is 14.1. The first kappa shape index (κ1) is 13.0. The molecule has 0 spiro atoms. The molecule has 0 unspecified atom stereocenters. The molecule has 1 atom stereocenters. The molecule has 1 saturated carbocycles. The van der Waals surface area contributed by atoms with Crippen LogP contribution in [0.15, 0.2) is 30.3 Å². The Hall–Kier alpha value is -2.04. The maximum Gasteiger partial charge on any atom is 0.407 e. The molecule has 5 nitrogen and oxygen atoms in total. The van der Waals surface area contributed by atoms with Crippen LogP contribution in [-0.4, -0.2) is 45.5 Å². The molecule has 5 heteroatoms. The van der Waals surface area contributed by atoms with Crippen molar-refractivity contribution in [3.63, 3.8) is 0 Å². The average molecular weight is 274 g/mol. The van der Waals surface area contributed by atoms with E-state index in [-0.39, 0.29) is 11.9 Å². The SMILES string of the molecule is O=C1C[C@H](N(Cc2ccccc2)C(=O)O)CN1C1CC1. The molecule has 0 aromatic heterocycles. The molecule has 1 aliphatic heterocycles. The van der Waals surface area contributed by atoms with E-state index < -0.39 is 6.09 Å². The minimum atomic E-state index is -0.954. The third-order valence-electron chi connectivity index (χ3n) is 4.01. The molecule has 106 valence electrons. The van der Waals surface area contributed by atoms with Gasteiger partial charge in [0.1, 0.15) is 0 Å². The van der Waals surface area contributed by atoms with E-state index >= 15 is 0 Å². The highest BCUT2D eigenvalue weighted by molar-refractivity contribution is 5.81. The van der Waals surface area contributed by atoms with Crippen molar-refractivity contribution in [1.29, 1.82) is 0 Å². The highest BCUT2D eigenvalue weighted by atomic mass is 16.4. The monoisotopic (exact) mass is 274 g/mol. The fraction of sp³-hybridized carbons (Fsp3) is 0.467. The largest absolute Gasteiger partial charge is 0.465 e. The molecule has 1 N–H and O–H groups in total. The maximum absolute atomic E-state index is 12.0. The van der Waals surface area contributed by atoms with Crippen LogP contribution in [0.3, 0.4) is 0 Å². The van der Waals surface area contributed by atoms with Crippen molar-refractivity contribution >= 4 is 12.0 Å². The van der Waals surface area contributed by atoms with E-state index in [1.807, 2.05) is 35.2 Å². The van der Waals surface area contributed by atoms with E-state index in [1.165, 1.54) is 4.90 Å². The normalized spacial score (nSPS) is 22.1. The van der Waals surface area contributed by atoms with Crippen molar-refractivity contribution in [3.05, 3.63) is 35.9 Å². The Bertz CT molecular complexity index is 513. The van der Waals surface area contributed by atoms with Crippen LogP contribution in [0.1, 0.15) is 24.8 Å². The number of carbonyl (C=O) groups is 2. The van der Waals surface area contributed by atoms with Crippen molar-refractivity contribution in [2.45, 2.75) is 37.9 Å². The minimum absolute atomic E-state index is 0.0943. The van der Waals surface area contributed by atoms with Crippen molar-refractivity contribution < 1.29 is 14.7 Å². The van der Waals surface area contributed by atoms with Gasteiger partial charge in [-0.2, -0.15) is 0 Å². The van der Waals surface area contributed by atoms with Gasteiger partial charge in [-0.1, -0.05) is 30.3 Å². The summed E-state index contributed by atoms with van der Waals surface area (Å²) in [5.41, 5.74) is 0.951. The molecule has 3 rings (SSSR count). The Morgan fingerprint density at radius 1 is 1.30 bits per heavy atom. The summed E-state index contributed by atoms with van der Waals surface area (Å²) in [6.45, 7) is 0.884. The summed E-state index contributed by atoms with van der Waals surface area (Å²) in [4.78, 5) is 26.7. The minimum Gasteiger partial charge on any atom is -0.465 e. The van der Waals surface area contributed by atoms with E-state index in [2.05, 4.69) is 0 Å². The standard InChI is InChI=1S/C15H18N2O3/c18-14-8-13(10-16(14)12-6-7-12)17(15(19)20)9-11-4-2-1-3-5-11/h1-5,12-13H,6-10H2,(H,19,20)/t13-/m0/s1. The number of carboxylic acid groups (broad SMARTS) is 1. The Labute approximate surface area is 117 Å². The lowest BCUT2D eigenvalue weighted by atomic mass is 10.1. The van der Waals surface area contributed by atoms with Gasteiger partial charge in [0.05, 0.1) is 6.04 Å². The zero-order valence-corrected chi connectivity index (χ0v) is 11.2. The van der Waals surface area contributed by atoms with Crippen LogP contribution in [0.5, 0.6) is 0 Å². The molecule has 1 heterocycles. The van der Waals surface area contributed by atoms with E-state index in [0.29, 0.717) is 25.6 Å². The van der Waals surface area contributed by atoms with E-state index in [0.717, 1.165) is 18.4 Å². The van der Waals surface area contributed by atoms with Gasteiger partial charge < -0.3 is 10.0 Å². The first-order valence-electron chi connectivity index (χ1n) is 6.98. The van der Waals surface area contributed by atoms with Gasteiger partial charge in [0.2, 0.25) is 5.91 Å². The number of benzene rings is 1. The second kappa shape index (κ2) is 5.15. The van der Waals surface area contributed by atoms with Crippen molar-refractivity contribution in [3.8, 4) is 0 Å². The third kappa shape index (κ3) is 2.61. The van der Waals surface area contributed by atoms with Crippen LogP contribution in [-0.2, 0) is 11.3 Å². The van der Waals surface area contributed by atoms with Gasteiger partial charge in [-0.05, 0) is 18.4 Å². The summed E-state index contributed by atoms with van der Waals surface area (Å²) in [5.74, 6) is 0.0943. The molecular weight excluding hydrogens is 256 g/mol. The van der Waals surface area contributed by atoms with Gasteiger partial charge in [0, 0.05) is 25.6 Å². The summed E-state index contributed by atoms with van der Waals surface area (Å²) < 4.78 is 0. The summed E-state index contributed by atoms with van der Waals surface area (Å²) in [6.07, 6.45) is 1.48. The lowest BCUT2D eigenvalue weighted by Crippen LogP contribution is -2.41. The second-order valence-electron chi connectivity index (χ2n) is 5.53. The highest BCUT2D eigenvalue weighted by Gasteiger charge is 2.42. The quantitative estimate of drug-likeness (QED) is 0.912. The number of nitrogens with zero attached hydrogens (tertiary/aromatic N) is 2. The number of likely N-dealkylation sites (tertiary alicyclic amines) is 1. The first-order chi connectivity index (χ1) is 9.65. The first-order valence-corrected chi connectivity index (χ1v) is 6.98. The molecule has 2 amide bonds. The van der Waals surface area contributed by atoms with Crippen LogP contribution >= 0.6 is 0 Å². The molecule has 2 aliphatic rings. The Morgan fingerprint density at radius 2 is 2.00 bits per heavy atom.